The minimum absolute atomic E-state index is 0.457. The molecule has 7 heteroatoms. The van der Waals surface area contributed by atoms with E-state index in [1.165, 1.54) is 0 Å². The summed E-state index contributed by atoms with van der Waals surface area (Å²) in [7, 11) is -0.549. The van der Waals surface area contributed by atoms with Crippen LogP contribution < -0.4 is 0 Å². The van der Waals surface area contributed by atoms with Gasteiger partial charge < -0.3 is 14.4 Å². The molecule has 3 aromatic rings. The maximum atomic E-state index is 10.5. The maximum Gasteiger partial charge on any atom is 0.139 e. The molecule has 0 saturated heterocycles. The van der Waals surface area contributed by atoms with Gasteiger partial charge in [0.05, 0.1) is 24.5 Å². The fraction of sp³-hybridized carbons (Fsp3) is 0.520. The van der Waals surface area contributed by atoms with Crippen molar-refractivity contribution in [2.24, 2.45) is 0 Å². The molecule has 0 aliphatic heterocycles. The number of nitrogens with zero attached hydrogens (tertiary/aromatic N) is 4. The van der Waals surface area contributed by atoms with Gasteiger partial charge in [0, 0.05) is 41.2 Å². The molecular formula is C25H34N4O2S. The molecule has 1 aliphatic rings. The zero-order valence-electron chi connectivity index (χ0n) is 19.6. The zero-order chi connectivity index (χ0) is 22.8. The second-order valence-corrected chi connectivity index (χ2v) is 14.1. The van der Waals surface area contributed by atoms with Gasteiger partial charge in [-0.3, -0.25) is 0 Å². The van der Waals surface area contributed by atoms with E-state index in [0.29, 0.717) is 12.4 Å². The lowest BCUT2D eigenvalue weighted by atomic mass is 10.0. The number of aromatic nitrogens is 4. The summed E-state index contributed by atoms with van der Waals surface area (Å²) >= 11 is 0. The lowest BCUT2D eigenvalue weighted by molar-refractivity contribution is 0.0809. The Morgan fingerprint density at radius 3 is 2.69 bits per heavy atom. The highest BCUT2D eigenvalue weighted by molar-refractivity contribution is 8.32. The number of rotatable bonds is 7. The normalized spacial score (nSPS) is 16.3. The number of hydrogen-bond acceptors (Lipinski definition) is 4. The molecule has 4 rings (SSSR count). The highest BCUT2D eigenvalue weighted by atomic mass is 32.3. The van der Waals surface area contributed by atoms with E-state index in [2.05, 4.69) is 58.4 Å². The monoisotopic (exact) mass is 454 g/mol. The molecule has 0 radical (unpaired) electrons. The van der Waals surface area contributed by atoms with Crippen LogP contribution >= 0.6 is 10.0 Å². The Morgan fingerprint density at radius 1 is 1.19 bits per heavy atom. The van der Waals surface area contributed by atoms with E-state index >= 15 is 0 Å². The van der Waals surface area contributed by atoms with Crippen LogP contribution in [0, 0.1) is 11.8 Å². The first-order chi connectivity index (χ1) is 15.3. The summed E-state index contributed by atoms with van der Waals surface area (Å²) in [6.45, 7) is 4.19. The van der Waals surface area contributed by atoms with E-state index in [4.69, 9.17) is 4.74 Å². The van der Waals surface area contributed by atoms with Crippen molar-refractivity contribution in [1.82, 2.24) is 19.3 Å². The molecule has 172 valence electrons. The predicted octanol–water partition coefficient (Wildman–Crippen LogP) is 4.24. The summed E-state index contributed by atoms with van der Waals surface area (Å²) in [5.74, 6) is 7.28. The number of aryl methyl sites for hydroxylation is 1. The molecule has 0 unspecified atom stereocenters. The van der Waals surface area contributed by atoms with Crippen LogP contribution in [0.15, 0.2) is 30.9 Å². The van der Waals surface area contributed by atoms with Crippen LogP contribution in [0.5, 0.6) is 0 Å². The van der Waals surface area contributed by atoms with E-state index in [9.17, 15) is 5.11 Å². The van der Waals surface area contributed by atoms with Crippen molar-refractivity contribution >= 4 is 20.9 Å². The van der Waals surface area contributed by atoms with Crippen molar-refractivity contribution in [1.29, 1.82) is 0 Å². The molecular weight excluding hydrogens is 420 g/mol. The molecule has 0 bridgehead atoms. The number of fused-ring (bicyclic) bond motifs is 1. The maximum absolute atomic E-state index is 10.5. The second kappa shape index (κ2) is 9.30. The lowest BCUT2D eigenvalue weighted by Gasteiger charge is -2.24. The average Bonchev–Trinajstić information content (AvgIpc) is 3.47. The first-order valence-corrected chi connectivity index (χ1v) is 14.3. The quantitative estimate of drug-likeness (QED) is 0.428. The fourth-order valence-corrected chi connectivity index (χ4v) is 4.67. The molecule has 1 aliphatic carbocycles. The molecule has 1 saturated carbocycles. The Hall–Kier alpha value is -2.27. The minimum atomic E-state index is -0.857. The molecule has 1 fully saturated rings. The van der Waals surface area contributed by atoms with E-state index < -0.39 is 15.6 Å². The molecule has 0 atom stereocenters. The second-order valence-electron chi connectivity index (χ2n) is 9.50. The SMILES string of the molecule is CCn1cc(-c2cnn(COCCS(C)(C)C)c2)c2cc(C#CC3(O)CCCC3)ncc21. The van der Waals surface area contributed by atoms with Crippen molar-refractivity contribution in [2.75, 3.05) is 31.1 Å². The van der Waals surface area contributed by atoms with Crippen LogP contribution in [-0.4, -0.2) is 61.2 Å². The molecule has 32 heavy (non-hydrogen) atoms. The molecule has 0 spiro atoms. The summed E-state index contributed by atoms with van der Waals surface area (Å²) in [6, 6.07) is 2.03. The van der Waals surface area contributed by atoms with Gasteiger partial charge in [-0.15, -0.1) is 0 Å². The fourth-order valence-electron chi connectivity index (χ4n) is 4.05. The summed E-state index contributed by atoms with van der Waals surface area (Å²) in [5.41, 5.74) is 3.06. The third kappa shape index (κ3) is 5.37. The standard InChI is InChI=1S/C25H34N4O2S/c1-5-28-18-23(20-15-27-29(17-20)19-31-12-13-32(2,3)4)22-14-21(26-16-24(22)28)8-11-25(30)9-6-7-10-25/h14-18,30H,5-7,9-10,12-13,19H2,1-4H3. The number of ether oxygens (including phenoxy) is 1. The summed E-state index contributed by atoms with van der Waals surface area (Å²) in [6.07, 6.45) is 18.4. The molecule has 0 amide bonds. The van der Waals surface area contributed by atoms with Gasteiger partial charge in [-0.2, -0.15) is 5.10 Å². The molecule has 0 aromatic carbocycles. The van der Waals surface area contributed by atoms with Gasteiger partial charge in [0.15, 0.2) is 0 Å². The van der Waals surface area contributed by atoms with Crippen molar-refractivity contribution < 1.29 is 9.84 Å². The van der Waals surface area contributed by atoms with Crippen LogP contribution in [0.1, 0.15) is 38.3 Å². The number of hydrogen-bond donors (Lipinski definition) is 1. The van der Waals surface area contributed by atoms with Crippen molar-refractivity contribution in [2.45, 2.75) is 51.5 Å². The van der Waals surface area contributed by atoms with Crippen molar-refractivity contribution in [3.8, 4) is 23.0 Å². The van der Waals surface area contributed by atoms with Gasteiger partial charge in [-0.05, 0) is 63.4 Å². The summed E-state index contributed by atoms with van der Waals surface area (Å²) in [5, 5.41) is 16.1. The van der Waals surface area contributed by atoms with Gasteiger partial charge in [0.25, 0.3) is 0 Å². The molecule has 1 N–H and O–H groups in total. The van der Waals surface area contributed by atoms with Gasteiger partial charge in [-0.25, -0.2) is 19.7 Å². The smallest absolute Gasteiger partial charge is 0.139 e. The van der Waals surface area contributed by atoms with Crippen molar-refractivity contribution in [3.63, 3.8) is 0 Å². The largest absolute Gasteiger partial charge is 0.378 e. The predicted molar refractivity (Wildman–Crippen MR) is 133 cm³/mol. The van der Waals surface area contributed by atoms with Gasteiger partial charge in [0.1, 0.15) is 18.0 Å². The highest BCUT2D eigenvalue weighted by Gasteiger charge is 2.28. The Bertz CT molecular complexity index is 1140. The molecule has 3 heterocycles. The van der Waals surface area contributed by atoms with Crippen LogP contribution in [0.4, 0.5) is 0 Å². The lowest BCUT2D eigenvalue weighted by Crippen LogP contribution is -2.20. The minimum Gasteiger partial charge on any atom is -0.378 e. The first kappa shape index (κ1) is 22.9. The summed E-state index contributed by atoms with van der Waals surface area (Å²) in [4.78, 5) is 4.55. The van der Waals surface area contributed by atoms with E-state index in [1.807, 2.05) is 29.3 Å². The third-order valence-electron chi connectivity index (χ3n) is 5.97. The van der Waals surface area contributed by atoms with Gasteiger partial charge >= 0.3 is 0 Å². The highest BCUT2D eigenvalue weighted by Crippen LogP contribution is 2.34. The third-order valence-corrected chi connectivity index (χ3v) is 7.36. The van der Waals surface area contributed by atoms with E-state index in [-0.39, 0.29) is 0 Å². The Kier molecular flexibility index (Phi) is 6.66. The summed E-state index contributed by atoms with van der Waals surface area (Å²) < 4.78 is 9.87. The van der Waals surface area contributed by atoms with Crippen LogP contribution in [0.25, 0.3) is 22.0 Å². The van der Waals surface area contributed by atoms with E-state index in [1.54, 1.807) is 0 Å². The van der Waals surface area contributed by atoms with Crippen LogP contribution in [0.2, 0.25) is 0 Å². The Balaban J connectivity index is 1.57. The van der Waals surface area contributed by atoms with Gasteiger partial charge in [0.2, 0.25) is 0 Å². The molecule has 3 aromatic heterocycles. The number of pyridine rings is 1. The molecule has 6 nitrogen and oxygen atoms in total. The van der Waals surface area contributed by atoms with Crippen molar-refractivity contribution in [3.05, 3.63) is 36.5 Å². The van der Waals surface area contributed by atoms with E-state index in [0.717, 1.165) is 66.6 Å². The van der Waals surface area contributed by atoms with Crippen LogP contribution in [-0.2, 0) is 18.0 Å². The first-order valence-electron chi connectivity index (χ1n) is 11.3. The van der Waals surface area contributed by atoms with Gasteiger partial charge in [-0.1, -0.05) is 5.92 Å². The van der Waals surface area contributed by atoms with Crippen LogP contribution in [0.3, 0.4) is 0 Å². The Morgan fingerprint density at radius 2 is 1.97 bits per heavy atom. The Labute approximate surface area is 192 Å². The average molecular weight is 455 g/mol. The topological polar surface area (TPSA) is 65.1 Å². The number of aliphatic hydroxyl groups is 1. The zero-order valence-corrected chi connectivity index (χ0v) is 20.4.